The summed E-state index contributed by atoms with van der Waals surface area (Å²) >= 11 is 0. The first-order chi connectivity index (χ1) is 14.7. The molecular formula is C20H19N5O5S. The molecule has 31 heavy (non-hydrogen) atoms. The predicted molar refractivity (Wildman–Crippen MR) is 112 cm³/mol. The minimum absolute atomic E-state index is 0.0345. The number of benzene rings is 1. The summed E-state index contributed by atoms with van der Waals surface area (Å²) in [5.41, 5.74) is 1.22. The molecule has 0 saturated carbocycles. The normalized spacial score (nSPS) is 11.9. The summed E-state index contributed by atoms with van der Waals surface area (Å²) in [6.45, 7) is 3.14. The Balaban J connectivity index is 1.61. The number of hydrogen-bond acceptors (Lipinski definition) is 8. The standard InChI is InChI=1S/C20H19N5O5S/c1-13-7-12-22-20(23-13)25-31(28,29)17-5-3-16(4-6-17)24-18(26)14(2)30-19(27)15-8-10-21-11-9-15/h3-12,14H,1-2H3,(H,24,26)(H,22,23,25). The Hall–Kier alpha value is -3.86. The molecule has 1 atom stereocenters. The van der Waals surface area contributed by atoms with E-state index < -0.39 is 28.0 Å². The van der Waals surface area contributed by atoms with Gasteiger partial charge in [-0.3, -0.25) is 9.78 Å². The number of hydrogen-bond donors (Lipinski definition) is 2. The predicted octanol–water partition coefficient (Wildman–Crippen LogP) is 2.16. The highest BCUT2D eigenvalue weighted by molar-refractivity contribution is 7.92. The summed E-state index contributed by atoms with van der Waals surface area (Å²) in [6, 6.07) is 10.1. The van der Waals surface area contributed by atoms with Crippen molar-refractivity contribution in [3.8, 4) is 0 Å². The number of carbonyl (C=O) groups is 2. The molecule has 3 rings (SSSR count). The third-order valence-corrected chi connectivity index (χ3v) is 5.37. The van der Waals surface area contributed by atoms with Crippen molar-refractivity contribution in [1.29, 1.82) is 0 Å². The smallest absolute Gasteiger partial charge is 0.339 e. The Bertz CT molecular complexity index is 1180. The van der Waals surface area contributed by atoms with Crippen molar-refractivity contribution < 1.29 is 22.7 Å². The first kappa shape index (κ1) is 21.8. The van der Waals surface area contributed by atoms with E-state index in [0.717, 1.165) is 0 Å². The second-order valence-electron chi connectivity index (χ2n) is 6.42. The van der Waals surface area contributed by atoms with E-state index in [-0.39, 0.29) is 16.4 Å². The van der Waals surface area contributed by atoms with E-state index in [4.69, 9.17) is 4.74 Å². The Labute approximate surface area is 178 Å². The Morgan fingerprint density at radius 2 is 1.68 bits per heavy atom. The molecule has 2 N–H and O–H groups in total. The molecule has 10 nitrogen and oxygen atoms in total. The number of amides is 1. The third kappa shape index (κ3) is 5.82. The number of aryl methyl sites for hydroxylation is 1. The van der Waals surface area contributed by atoms with Crippen LogP contribution in [-0.4, -0.2) is 41.4 Å². The van der Waals surface area contributed by atoms with Crippen LogP contribution >= 0.6 is 0 Å². The van der Waals surface area contributed by atoms with Gasteiger partial charge in [-0.2, -0.15) is 0 Å². The minimum Gasteiger partial charge on any atom is -0.449 e. The summed E-state index contributed by atoms with van der Waals surface area (Å²) in [4.78, 5) is 36.0. The van der Waals surface area contributed by atoms with Gasteiger partial charge in [0.1, 0.15) is 0 Å². The maximum absolute atomic E-state index is 12.5. The molecule has 0 aliphatic carbocycles. The highest BCUT2D eigenvalue weighted by atomic mass is 32.2. The van der Waals surface area contributed by atoms with Crippen LogP contribution in [0.1, 0.15) is 23.0 Å². The molecule has 0 radical (unpaired) electrons. The van der Waals surface area contributed by atoms with Crippen molar-refractivity contribution in [3.63, 3.8) is 0 Å². The van der Waals surface area contributed by atoms with Crippen LogP contribution in [0.3, 0.4) is 0 Å². The van der Waals surface area contributed by atoms with Gasteiger partial charge in [0.05, 0.1) is 10.5 Å². The molecule has 1 aromatic carbocycles. The van der Waals surface area contributed by atoms with Crippen LogP contribution in [-0.2, 0) is 19.6 Å². The second-order valence-corrected chi connectivity index (χ2v) is 8.11. The van der Waals surface area contributed by atoms with Gasteiger partial charge >= 0.3 is 5.97 Å². The Kier molecular flexibility index (Phi) is 6.55. The monoisotopic (exact) mass is 441 g/mol. The molecule has 0 bridgehead atoms. The molecular weight excluding hydrogens is 422 g/mol. The van der Waals surface area contributed by atoms with Crippen LogP contribution in [0.15, 0.2) is 66.0 Å². The van der Waals surface area contributed by atoms with Crippen LogP contribution < -0.4 is 10.0 Å². The van der Waals surface area contributed by atoms with E-state index in [1.54, 1.807) is 13.0 Å². The van der Waals surface area contributed by atoms with Gasteiger partial charge in [-0.15, -0.1) is 0 Å². The minimum atomic E-state index is -3.90. The van der Waals surface area contributed by atoms with Gasteiger partial charge < -0.3 is 10.1 Å². The van der Waals surface area contributed by atoms with E-state index in [1.807, 2.05) is 0 Å². The second kappa shape index (κ2) is 9.30. The van der Waals surface area contributed by atoms with Crippen molar-refractivity contribution in [2.75, 3.05) is 10.0 Å². The average Bonchev–Trinajstić information content (AvgIpc) is 2.74. The number of ether oxygens (including phenoxy) is 1. The van der Waals surface area contributed by atoms with Crippen LogP contribution in [0.5, 0.6) is 0 Å². The summed E-state index contributed by atoms with van der Waals surface area (Å²) in [6.07, 6.45) is 3.26. The lowest BCUT2D eigenvalue weighted by molar-refractivity contribution is -0.123. The maximum Gasteiger partial charge on any atom is 0.339 e. The molecule has 1 unspecified atom stereocenters. The van der Waals surface area contributed by atoms with E-state index >= 15 is 0 Å². The average molecular weight is 441 g/mol. The zero-order valence-electron chi connectivity index (χ0n) is 16.6. The number of rotatable bonds is 7. The van der Waals surface area contributed by atoms with Crippen molar-refractivity contribution in [1.82, 2.24) is 15.0 Å². The number of pyridine rings is 1. The number of sulfonamides is 1. The number of aromatic nitrogens is 3. The van der Waals surface area contributed by atoms with Crippen molar-refractivity contribution in [2.24, 2.45) is 0 Å². The fourth-order valence-electron chi connectivity index (χ4n) is 2.41. The molecule has 11 heteroatoms. The number of carbonyl (C=O) groups excluding carboxylic acids is 2. The lowest BCUT2D eigenvalue weighted by Gasteiger charge is -2.14. The van der Waals surface area contributed by atoms with Gasteiger partial charge in [0.25, 0.3) is 15.9 Å². The van der Waals surface area contributed by atoms with Crippen molar-refractivity contribution in [2.45, 2.75) is 24.8 Å². The molecule has 2 aromatic heterocycles. The van der Waals surface area contributed by atoms with E-state index in [9.17, 15) is 18.0 Å². The zero-order chi connectivity index (χ0) is 22.4. The molecule has 3 aromatic rings. The Morgan fingerprint density at radius 1 is 1.00 bits per heavy atom. The Morgan fingerprint density at radius 3 is 2.32 bits per heavy atom. The summed E-state index contributed by atoms with van der Waals surface area (Å²) in [5.74, 6) is -1.26. The van der Waals surface area contributed by atoms with Crippen LogP contribution in [0.25, 0.3) is 0 Å². The molecule has 0 aliphatic heterocycles. The molecule has 2 heterocycles. The fourth-order valence-corrected chi connectivity index (χ4v) is 3.36. The van der Waals surface area contributed by atoms with Gasteiger partial charge in [-0.25, -0.2) is 27.9 Å². The van der Waals surface area contributed by atoms with Gasteiger partial charge in [0.15, 0.2) is 6.10 Å². The topological polar surface area (TPSA) is 140 Å². The lowest BCUT2D eigenvalue weighted by Crippen LogP contribution is -2.30. The number of anilines is 2. The van der Waals surface area contributed by atoms with E-state index in [1.165, 1.54) is 61.9 Å². The van der Waals surface area contributed by atoms with Crippen LogP contribution in [0.4, 0.5) is 11.6 Å². The first-order valence-electron chi connectivity index (χ1n) is 9.09. The van der Waals surface area contributed by atoms with E-state index in [0.29, 0.717) is 11.4 Å². The summed E-state index contributed by atoms with van der Waals surface area (Å²) in [5, 5.41) is 2.57. The largest absolute Gasteiger partial charge is 0.449 e. The molecule has 0 spiro atoms. The van der Waals surface area contributed by atoms with Gasteiger partial charge in [-0.05, 0) is 56.3 Å². The maximum atomic E-state index is 12.5. The van der Waals surface area contributed by atoms with Crippen LogP contribution in [0, 0.1) is 6.92 Å². The number of esters is 1. The SMILES string of the molecule is Cc1ccnc(NS(=O)(=O)c2ccc(NC(=O)C(C)OC(=O)c3ccncc3)cc2)n1. The molecule has 160 valence electrons. The molecule has 0 fully saturated rings. The number of nitrogens with zero attached hydrogens (tertiary/aromatic N) is 3. The quantitative estimate of drug-likeness (QED) is 0.532. The highest BCUT2D eigenvalue weighted by Gasteiger charge is 2.20. The first-order valence-corrected chi connectivity index (χ1v) is 10.6. The number of nitrogens with one attached hydrogen (secondary N) is 2. The van der Waals surface area contributed by atoms with E-state index in [2.05, 4.69) is 25.0 Å². The van der Waals surface area contributed by atoms with Gasteiger partial charge in [0, 0.05) is 30.0 Å². The molecule has 1 amide bonds. The summed E-state index contributed by atoms with van der Waals surface area (Å²) < 4.78 is 32.4. The highest BCUT2D eigenvalue weighted by Crippen LogP contribution is 2.17. The van der Waals surface area contributed by atoms with Crippen LogP contribution in [0.2, 0.25) is 0 Å². The molecule has 0 aliphatic rings. The zero-order valence-corrected chi connectivity index (χ0v) is 17.5. The van der Waals surface area contributed by atoms with Gasteiger partial charge in [0.2, 0.25) is 5.95 Å². The lowest BCUT2D eigenvalue weighted by atomic mass is 10.2. The summed E-state index contributed by atoms with van der Waals surface area (Å²) in [7, 11) is -3.90. The van der Waals surface area contributed by atoms with Gasteiger partial charge in [-0.1, -0.05) is 0 Å². The third-order valence-electron chi connectivity index (χ3n) is 4.02. The van der Waals surface area contributed by atoms with Crippen molar-refractivity contribution >= 4 is 33.5 Å². The fraction of sp³-hybridized carbons (Fsp3) is 0.150. The van der Waals surface area contributed by atoms with Crippen molar-refractivity contribution in [3.05, 3.63) is 72.3 Å². The molecule has 0 saturated heterocycles.